The second kappa shape index (κ2) is 5.46. The van der Waals surface area contributed by atoms with Crippen LogP contribution >= 0.6 is 0 Å². The maximum atomic E-state index is 5.76. The van der Waals surface area contributed by atoms with E-state index in [-0.39, 0.29) is 0 Å². The normalized spacial score (nSPS) is 24.9. The molecule has 1 saturated heterocycles. The number of rotatable bonds is 4. The molecule has 1 N–H and O–H groups in total. The summed E-state index contributed by atoms with van der Waals surface area (Å²) in [6.07, 6.45) is 3.27. The van der Waals surface area contributed by atoms with Crippen molar-refractivity contribution in [3.63, 3.8) is 0 Å². The summed E-state index contributed by atoms with van der Waals surface area (Å²) in [6.45, 7) is 6.18. The van der Waals surface area contributed by atoms with Crippen LogP contribution in [-0.4, -0.2) is 18.8 Å². The number of hydrogen-bond donors (Lipinski definition) is 1. The van der Waals surface area contributed by atoms with Crippen LogP contribution in [0.3, 0.4) is 0 Å². The summed E-state index contributed by atoms with van der Waals surface area (Å²) in [4.78, 5) is 0. The van der Waals surface area contributed by atoms with Crippen molar-refractivity contribution in [3.8, 4) is 0 Å². The Kier molecular flexibility index (Phi) is 3.97. The topological polar surface area (TPSA) is 21.3 Å². The van der Waals surface area contributed by atoms with Crippen molar-refractivity contribution in [3.05, 3.63) is 35.4 Å². The highest BCUT2D eigenvalue weighted by Crippen LogP contribution is 2.18. The molecule has 1 aromatic carbocycles. The lowest BCUT2D eigenvalue weighted by Gasteiger charge is -2.12. The Morgan fingerprint density at radius 2 is 2.00 bits per heavy atom. The Labute approximate surface area is 98.0 Å². The number of benzene rings is 1. The predicted octanol–water partition coefficient (Wildman–Crippen LogP) is 2.65. The zero-order valence-electron chi connectivity index (χ0n) is 10.2. The molecule has 1 aliphatic rings. The minimum Gasteiger partial charge on any atom is -0.374 e. The first-order valence-corrected chi connectivity index (χ1v) is 6.16. The van der Waals surface area contributed by atoms with Gasteiger partial charge in [-0.05, 0) is 32.3 Å². The SMILES string of the molecule is Cc1ccc(CNCC2CCC(C)O2)cc1. The second-order valence-corrected chi connectivity index (χ2v) is 4.76. The van der Waals surface area contributed by atoms with E-state index in [4.69, 9.17) is 4.74 Å². The number of aryl methyl sites for hydroxylation is 1. The van der Waals surface area contributed by atoms with Gasteiger partial charge in [-0.2, -0.15) is 0 Å². The molecule has 0 spiro atoms. The van der Waals surface area contributed by atoms with Crippen molar-refractivity contribution in [2.45, 2.75) is 45.4 Å². The van der Waals surface area contributed by atoms with Gasteiger partial charge in [0.1, 0.15) is 0 Å². The lowest BCUT2D eigenvalue weighted by Crippen LogP contribution is -2.26. The monoisotopic (exact) mass is 219 g/mol. The van der Waals surface area contributed by atoms with Gasteiger partial charge >= 0.3 is 0 Å². The maximum absolute atomic E-state index is 5.76. The molecule has 2 nitrogen and oxygen atoms in total. The average molecular weight is 219 g/mol. The molecule has 0 saturated carbocycles. The molecule has 16 heavy (non-hydrogen) atoms. The first kappa shape index (κ1) is 11.6. The molecule has 2 heteroatoms. The first-order valence-electron chi connectivity index (χ1n) is 6.16. The van der Waals surface area contributed by atoms with Crippen LogP contribution in [0.25, 0.3) is 0 Å². The van der Waals surface area contributed by atoms with E-state index in [0.29, 0.717) is 12.2 Å². The molecule has 1 aromatic rings. The van der Waals surface area contributed by atoms with Gasteiger partial charge in [0, 0.05) is 13.1 Å². The lowest BCUT2D eigenvalue weighted by molar-refractivity contribution is 0.0559. The average Bonchev–Trinajstić information content (AvgIpc) is 2.67. The summed E-state index contributed by atoms with van der Waals surface area (Å²) in [6, 6.07) is 8.68. The summed E-state index contributed by atoms with van der Waals surface area (Å²) in [7, 11) is 0. The second-order valence-electron chi connectivity index (χ2n) is 4.76. The lowest BCUT2D eigenvalue weighted by atomic mass is 10.1. The van der Waals surface area contributed by atoms with Gasteiger partial charge in [-0.25, -0.2) is 0 Å². The molecule has 0 radical (unpaired) electrons. The maximum Gasteiger partial charge on any atom is 0.0704 e. The number of hydrogen-bond acceptors (Lipinski definition) is 2. The fourth-order valence-electron chi connectivity index (χ4n) is 2.12. The number of ether oxygens (including phenoxy) is 1. The van der Waals surface area contributed by atoms with E-state index in [1.54, 1.807) is 0 Å². The molecular formula is C14H21NO. The Morgan fingerprint density at radius 1 is 1.25 bits per heavy atom. The van der Waals surface area contributed by atoms with Gasteiger partial charge in [0.05, 0.1) is 12.2 Å². The highest BCUT2D eigenvalue weighted by molar-refractivity contribution is 5.21. The van der Waals surface area contributed by atoms with Gasteiger partial charge in [-0.1, -0.05) is 29.8 Å². The van der Waals surface area contributed by atoms with Crippen molar-refractivity contribution in [1.29, 1.82) is 0 Å². The van der Waals surface area contributed by atoms with Gasteiger partial charge in [-0.15, -0.1) is 0 Å². The van der Waals surface area contributed by atoms with Crippen LogP contribution in [0.5, 0.6) is 0 Å². The van der Waals surface area contributed by atoms with Crippen LogP contribution in [0, 0.1) is 6.92 Å². The molecule has 0 amide bonds. The fourth-order valence-corrected chi connectivity index (χ4v) is 2.12. The minimum atomic E-state index is 0.417. The Hall–Kier alpha value is -0.860. The summed E-state index contributed by atoms with van der Waals surface area (Å²) in [5.41, 5.74) is 2.66. The van der Waals surface area contributed by atoms with E-state index < -0.39 is 0 Å². The van der Waals surface area contributed by atoms with Crippen LogP contribution in [0.15, 0.2) is 24.3 Å². The van der Waals surface area contributed by atoms with Gasteiger partial charge in [0.15, 0.2) is 0 Å². The molecule has 1 aliphatic heterocycles. The van der Waals surface area contributed by atoms with Crippen LogP contribution < -0.4 is 5.32 Å². The van der Waals surface area contributed by atoms with Gasteiger partial charge in [0.2, 0.25) is 0 Å². The van der Waals surface area contributed by atoms with Crippen LogP contribution in [0.4, 0.5) is 0 Å². The fraction of sp³-hybridized carbons (Fsp3) is 0.571. The standard InChI is InChI=1S/C14H21NO/c1-11-3-6-13(7-4-11)9-15-10-14-8-5-12(2)16-14/h3-4,6-7,12,14-15H,5,8-10H2,1-2H3. The third-order valence-electron chi connectivity index (χ3n) is 3.14. The molecule has 2 rings (SSSR count). The first-order chi connectivity index (χ1) is 7.74. The molecule has 0 aromatic heterocycles. The highest BCUT2D eigenvalue weighted by Gasteiger charge is 2.20. The quantitative estimate of drug-likeness (QED) is 0.840. The smallest absolute Gasteiger partial charge is 0.0704 e. The van der Waals surface area contributed by atoms with Gasteiger partial charge < -0.3 is 10.1 Å². The summed E-state index contributed by atoms with van der Waals surface area (Å²) in [5, 5.41) is 3.46. The van der Waals surface area contributed by atoms with Crippen molar-refractivity contribution < 1.29 is 4.74 Å². The van der Waals surface area contributed by atoms with E-state index in [0.717, 1.165) is 13.1 Å². The summed E-state index contributed by atoms with van der Waals surface area (Å²) in [5.74, 6) is 0. The Balaban J connectivity index is 1.70. The molecule has 0 bridgehead atoms. The van der Waals surface area contributed by atoms with E-state index in [9.17, 15) is 0 Å². The third kappa shape index (κ3) is 3.32. The van der Waals surface area contributed by atoms with Crippen molar-refractivity contribution in [2.75, 3.05) is 6.54 Å². The summed E-state index contributed by atoms with van der Waals surface area (Å²) >= 11 is 0. The molecule has 0 aliphatic carbocycles. The Bertz CT molecular complexity index is 320. The predicted molar refractivity (Wildman–Crippen MR) is 66.5 cm³/mol. The molecule has 2 atom stereocenters. The van der Waals surface area contributed by atoms with Gasteiger partial charge in [-0.3, -0.25) is 0 Å². The Morgan fingerprint density at radius 3 is 2.62 bits per heavy atom. The molecule has 1 fully saturated rings. The number of nitrogens with one attached hydrogen (secondary N) is 1. The van der Waals surface area contributed by atoms with E-state index in [2.05, 4.69) is 43.4 Å². The van der Waals surface area contributed by atoms with E-state index >= 15 is 0 Å². The van der Waals surface area contributed by atoms with Crippen molar-refractivity contribution in [1.82, 2.24) is 5.32 Å². The molecule has 2 unspecified atom stereocenters. The summed E-state index contributed by atoms with van der Waals surface area (Å²) < 4.78 is 5.76. The molecular weight excluding hydrogens is 198 g/mol. The van der Waals surface area contributed by atoms with Crippen molar-refractivity contribution in [2.24, 2.45) is 0 Å². The van der Waals surface area contributed by atoms with E-state index in [1.165, 1.54) is 24.0 Å². The zero-order valence-corrected chi connectivity index (χ0v) is 10.2. The van der Waals surface area contributed by atoms with Gasteiger partial charge in [0.25, 0.3) is 0 Å². The van der Waals surface area contributed by atoms with Crippen molar-refractivity contribution >= 4 is 0 Å². The molecule has 88 valence electrons. The molecule has 1 heterocycles. The minimum absolute atomic E-state index is 0.417. The third-order valence-corrected chi connectivity index (χ3v) is 3.14. The van der Waals surface area contributed by atoms with Crippen LogP contribution in [0.1, 0.15) is 30.9 Å². The van der Waals surface area contributed by atoms with Crippen LogP contribution in [-0.2, 0) is 11.3 Å². The largest absolute Gasteiger partial charge is 0.374 e. The van der Waals surface area contributed by atoms with E-state index in [1.807, 2.05) is 0 Å². The van der Waals surface area contributed by atoms with Crippen LogP contribution in [0.2, 0.25) is 0 Å². The highest BCUT2D eigenvalue weighted by atomic mass is 16.5. The zero-order chi connectivity index (χ0) is 11.4.